The Bertz CT molecular complexity index is 382. The van der Waals surface area contributed by atoms with Crippen LogP contribution in [0.2, 0.25) is 0 Å². The number of ether oxygens (including phenoxy) is 1. The van der Waals surface area contributed by atoms with Crippen molar-refractivity contribution in [2.24, 2.45) is 0 Å². The molecule has 0 aromatic heterocycles. The molecule has 1 aromatic rings. The molecule has 0 radical (unpaired) electrons. The zero-order chi connectivity index (χ0) is 13.5. The summed E-state index contributed by atoms with van der Waals surface area (Å²) < 4.78 is 28.0. The van der Waals surface area contributed by atoms with Gasteiger partial charge in [-0.3, -0.25) is 0 Å². The summed E-state index contributed by atoms with van der Waals surface area (Å²) in [4.78, 5) is 11.5. The summed E-state index contributed by atoms with van der Waals surface area (Å²) in [7, 11) is 0. The molecule has 18 heavy (non-hydrogen) atoms. The van der Waals surface area contributed by atoms with Crippen LogP contribution in [0.25, 0.3) is 0 Å². The van der Waals surface area contributed by atoms with E-state index in [1.54, 1.807) is 0 Å². The van der Waals surface area contributed by atoms with E-state index in [1.165, 1.54) is 24.3 Å². The third kappa shape index (κ3) is 4.99. The molecule has 0 saturated carbocycles. The highest BCUT2D eigenvalue weighted by Crippen LogP contribution is 2.17. The highest BCUT2D eigenvalue weighted by molar-refractivity contribution is 5.89. The van der Waals surface area contributed by atoms with E-state index in [4.69, 9.17) is 0 Å². The van der Waals surface area contributed by atoms with Crippen LogP contribution in [0.1, 0.15) is 20.3 Å². The van der Waals surface area contributed by atoms with Crippen LogP contribution in [-0.2, 0) is 0 Å². The van der Waals surface area contributed by atoms with Gasteiger partial charge in [0.2, 0.25) is 0 Å². The summed E-state index contributed by atoms with van der Waals surface area (Å²) in [6, 6.07) is 5.47. The standard InChI is InChI=1S/C12H16F2N2O2/c1-3-8(2)15-12(17)16-9-4-6-10(7-5-9)18-11(13)14/h4-8,11H,3H2,1-2H3,(H2,15,16,17). The molecule has 0 bridgehead atoms. The van der Waals surface area contributed by atoms with Crippen LogP contribution in [0.5, 0.6) is 5.75 Å². The Morgan fingerprint density at radius 1 is 1.33 bits per heavy atom. The van der Waals surface area contributed by atoms with Crippen molar-refractivity contribution >= 4 is 11.7 Å². The lowest BCUT2D eigenvalue weighted by Crippen LogP contribution is -2.35. The number of nitrogens with one attached hydrogen (secondary N) is 2. The molecule has 1 unspecified atom stereocenters. The van der Waals surface area contributed by atoms with Gasteiger partial charge in [0, 0.05) is 11.7 Å². The van der Waals surface area contributed by atoms with Crippen LogP contribution in [-0.4, -0.2) is 18.7 Å². The van der Waals surface area contributed by atoms with Crippen LogP contribution in [0.3, 0.4) is 0 Å². The summed E-state index contributed by atoms with van der Waals surface area (Å²) in [5.41, 5.74) is 0.511. The fourth-order valence-corrected chi connectivity index (χ4v) is 1.21. The van der Waals surface area contributed by atoms with Gasteiger partial charge in [0.25, 0.3) is 0 Å². The first kappa shape index (κ1) is 14.2. The topological polar surface area (TPSA) is 50.4 Å². The molecule has 0 aliphatic carbocycles. The summed E-state index contributed by atoms with van der Waals surface area (Å²) in [5.74, 6) is 0.0536. The van der Waals surface area contributed by atoms with Gasteiger partial charge >= 0.3 is 12.6 Å². The third-order valence-corrected chi connectivity index (χ3v) is 2.33. The number of rotatable bonds is 5. The van der Waals surface area contributed by atoms with Crippen molar-refractivity contribution < 1.29 is 18.3 Å². The number of hydrogen-bond donors (Lipinski definition) is 2. The number of anilines is 1. The molecule has 0 saturated heterocycles. The number of halogens is 2. The largest absolute Gasteiger partial charge is 0.435 e. The van der Waals surface area contributed by atoms with Crippen molar-refractivity contribution in [3.8, 4) is 5.75 Å². The van der Waals surface area contributed by atoms with E-state index >= 15 is 0 Å². The quantitative estimate of drug-likeness (QED) is 0.852. The number of carbonyl (C=O) groups is 1. The molecule has 4 nitrogen and oxygen atoms in total. The molecule has 6 heteroatoms. The van der Waals surface area contributed by atoms with Gasteiger partial charge in [-0.1, -0.05) is 6.92 Å². The monoisotopic (exact) mass is 258 g/mol. The molecule has 1 aromatic carbocycles. The minimum absolute atomic E-state index is 0.0536. The normalized spacial score (nSPS) is 12.1. The van der Waals surface area contributed by atoms with E-state index in [1.807, 2.05) is 13.8 Å². The molecule has 0 aliphatic rings. The maximum Gasteiger partial charge on any atom is 0.387 e. The van der Waals surface area contributed by atoms with E-state index in [0.717, 1.165) is 6.42 Å². The summed E-state index contributed by atoms with van der Waals surface area (Å²) in [6.45, 7) is 0.998. The van der Waals surface area contributed by atoms with E-state index in [9.17, 15) is 13.6 Å². The van der Waals surface area contributed by atoms with Gasteiger partial charge in [-0.2, -0.15) is 8.78 Å². The second-order valence-corrected chi connectivity index (χ2v) is 3.81. The second-order valence-electron chi connectivity index (χ2n) is 3.81. The van der Waals surface area contributed by atoms with Crippen LogP contribution < -0.4 is 15.4 Å². The van der Waals surface area contributed by atoms with Crippen LogP contribution >= 0.6 is 0 Å². The Kier molecular flexibility index (Phi) is 5.35. The molecule has 1 atom stereocenters. The Hall–Kier alpha value is -1.85. The Balaban J connectivity index is 2.50. The first-order chi connectivity index (χ1) is 8.51. The van der Waals surface area contributed by atoms with Crippen molar-refractivity contribution in [2.75, 3.05) is 5.32 Å². The number of alkyl halides is 2. The Morgan fingerprint density at radius 2 is 1.94 bits per heavy atom. The number of carbonyl (C=O) groups excluding carboxylic acids is 1. The zero-order valence-corrected chi connectivity index (χ0v) is 10.2. The SMILES string of the molecule is CCC(C)NC(=O)Nc1ccc(OC(F)F)cc1. The molecular weight excluding hydrogens is 242 g/mol. The first-order valence-electron chi connectivity index (χ1n) is 5.63. The predicted octanol–water partition coefficient (Wildman–Crippen LogP) is 3.21. The van der Waals surface area contributed by atoms with Gasteiger partial charge in [-0.25, -0.2) is 4.79 Å². The van der Waals surface area contributed by atoms with E-state index in [-0.39, 0.29) is 17.8 Å². The Labute approximate surface area is 104 Å². The molecule has 0 spiro atoms. The zero-order valence-electron chi connectivity index (χ0n) is 10.2. The second kappa shape index (κ2) is 6.78. The molecule has 0 fully saturated rings. The van der Waals surface area contributed by atoms with Crippen molar-refractivity contribution in [2.45, 2.75) is 32.9 Å². The van der Waals surface area contributed by atoms with Crippen LogP contribution in [0, 0.1) is 0 Å². The first-order valence-corrected chi connectivity index (χ1v) is 5.63. The van der Waals surface area contributed by atoms with Crippen molar-refractivity contribution in [1.29, 1.82) is 0 Å². The van der Waals surface area contributed by atoms with Gasteiger partial charge < -0.3 is 15.4 Å². The average Bonchev–Trinajstić information content (AvgIpc) is 2.30. The number of hydrogen-bond acceptors (Lipinski definition) is 2. The van der Waals surface area contributed by atoms with E-state index in [2.05, 4.69) is 15.4 Å². The van der Waals surface area contributed by atoms with Gasteiger partial charge in [0.1, 0.15) is 5.75 Å². The van der Waals surface area contributed by atoms with Gasteiger partial charge in [-0.05, 0) is 37.6 Å². The Morgan fingerprint density at radius 3 is 2.44 bits per heavy atom. The molecule has 1 rings (SSSR count). The minimum atomic E-state index is -2.85. The maximum atomic E-state index is 11.9. The van der Waals surface area contributed by atoms with E-state index in [0.29, 0.717) is 5.69 Å². The van der Waals surface area contributed by atoms with Crippen LogP contribution in [0.15, 0.2) is 24.3 Å². The highest BCUT2D eigenvalue weighted by Gasteiger charge is 2.06. The minimum Gasteiger partial charge on any atom is -0.435 e. The number of amides is 2. The maximum absolute atomic E-state index is 11.9. The molecule has 2 N–H and O–H groups in total. The lowest BCUT2D eigenvalue weighted by Gasteiger charge is -2.12. The number of benzene rings is 1. The van der Waals surface area contributed by atoms with Crippen molar-refractivity contribution in [3.63, 3.8) is 0 Å². The van der Waals surface area contributed by atoms with Gasteiger partial charge in [-0.15, -0.1) is 0 Å². The molecule has 2 amide bonds. The summed E-state index contributed by atoms with van der Waals surface area (Å²) >= 11 is 0. The smallest absolute Gasteiger partial charge is 0.387 e. The lowest BCUT2D eigenvalue weighted by atomic mass is 10.3. The van der Waals surface area contributed by atoms with Gasteiger partial charge in [0.15, 0.2) is 0 Å². The molecular formula is C12H16F2N2O2. The lowest BCUT2D eigenvalue weighted by molar-refractivity contribution is -0.0498. The molecule has 0 heterocycles. The van der Waals surface area contributed by atoms with Crippen molar-refractivity contribution in [1.82, 2.24) is 5.32 Å². The number of urea groups is 1. The average molecular weight is 258 g/mol. The fraction of sp³-hybridized carbons (Fsp3) is 0.417. The van der Waals surface area contributed by atoms with E-state index < -0.39 is 6.61 Å². The molecule has 0 aliphatic heterocycles. The fourth-order valence-electron chi connectivity index (χ4n) is 1.21. The van der Waals surface area contributed by atoms with Crippen molar-refractivity contribution in [3.05, 3.63) is 24.3 Å². The van der Waals surface area contributed by atoms with Gasteiger partial charge in [0.05, 0.1) is 0 Å². The summed E-state index contributed by atoms with van der Waals surface area (Å²) in [5, 5.41) is 5.32. The third-order valence-electron chi connectivity index (χ3n) is 2.33. The molecule has 100 valence electrons. The predicted molar refractivity (Wildman–Crippen MR) is 65.0 cm³/mol. The van der Waals surface area contributed by atoms with Crippen LogP contribution in [0.4, 0.5) is 19.3 Å². The summed E-state index contributed by atoms with van der Waals surface area (Å²) in [6.07, 6.45) is 0.828. The highest BCUT2D eigenvalue weighted by atomic mass is 19.3.